The smallest absolute Gasteiger partial charge is 0.306 e. The maximum atomic E-state index is 13.7. The summed E-state index contributed by atoms with van der Waals surface area (Å²) in [5.74, 6) is -6.56. The van der Waals surface area contributed by atoms with Crippen LogP contribution in [0.1, 0.15) is 33.8 Å². The van der Waals surface area contributed by atoms with Gasteiger partial charge in [-0.05, 0) is 17.7 Å². The van der Waals surface area contributed by atoms with Crippen LogP contribution < -0.4 is 0 Å². The van der Waals surface area contributed by atoms with Crippen LogP contribution in [0.15, 0.2) is 48.0 Å². The molecule has 1 atom stereocenters. The number of esters is 1. The van der Waals surface area contributed by atoms with E-state index in [-0.39, 0.29) is 22.3 Å². The number of allylic oxidation sites excluding steroid dienone is 1. The van der Waals surface area contributed by atoms with Gasteiger partial charge < -0.3 is 9.84 Å². The van der Waals surface area contributed by atoms with Crippen LogP contribution in [0.2, 0.25) is 0 Å². The van der Waals surface area contributed by atoms with Crippen molar-refractivity contribution in [1.29, 1.82) is 0 Å². The molecule has 27 heavy (non-hydrogen) atoms. The first-order valence-corrected chi connectivity index (χ1v) is 7.98. The van der Waals surface area contributed by atoms with Gasteiger partial charge >= 0.3 is 5.97 Å². The summed E-state index contributed by atoms with van der Waals surface area (Å²) in [4.78, 5) is 36.9. The Morgan fingerprint density at radius 3 is 2.33 bits per heavy atom. The number of carbonyl (C=O) groups is 3. The third kappa shape index (κ3) is 3.23. The van der Waals surface area contributed by atoms with Gasteiger partial charge in [-0.25, -0.2) is 8.78 Å². The fourth-order valence-electron chi connectivity index (χ4n) is 3.07. The summed E-state index contributed by atoms with van der Waals surface area (Å²) in [6.07, 6.45) is -0.442. The number of Topliss-reactive ketones (excluding diaryl/α,β-unsaturated/α-hetero) is 2. The molecular weight excluding hydrogens is 358 g/mol. The highest BCUT2D eigenvalue weighted by Gasteiger charge is 2.38. The molecule has 0 amide bonds. The van der Waals surface area contributed by atoms with Gasteiger partial charge in [0.15, 0.2) is 11.6 Å². The Morgan fingerprint density at radius 1 is 1.04 bits per heavy atom. The van der Waals surface area contributed by atoms with Crippen molar-refractivity contribution in [2.45, 2.75) is 12.3 Å². The number of halogens is 2. The van der Waals surface area contributed by atoms with E-state index in [1.54, 1.807) is 12.1 Å². The van der Waals surface area contributed by atoms with Crippen molar-refractivity contribution < 1.29 is 33.0 Å². The number of ether oxygens (including phenoxy) is 1. The molecule has 1 aliphatic rings. The van der Waals surface area contributed by atoms with Crippen LogP contribution >= 0.6 is 0 Å². The highest BCUT2D eigenvalue weighted by molar-refractivity contribution is 6.52. The Balaban J connectivity index is 2.22. The molecule has 7 heteroatoms. The van der Waals surface area contributed by atoms with E-state index < -0.39 is 47.3 Å². The van der Waals surface area contributed by atoms with Crippen LogP contribution in [0, 0.1) is 11.6 Å². The summed E-state index contributed by atoms with van der Waals surface area (Å²) >= 11 is 0. The van der Waals surface area contributed by atoms with Crippen LogP contribution in [-0.4, -0.2) is 29.8 Å². The summed E-state index contributed by atoms with van der Waals surface area (Å²) in [6, 6.07) is 8.82. The van der Waals surface area contributed by atoms with Crippen LogP contribution in [0.5, 0.6) is 0 Å². The van der Waals surface area contributed by atoms with Crippen molar-refractivity contribution in [1.82, 2.24) is 0 Å². The zero-order valence-corrected chi connectivity index (χ0v) is 14.2. The number of ketones is 2. The van der Waals surface area contributed by atoms with Gasteiger partial charge in [-0.2, -0.15) is 0 Å². The fourth-order valence-corrected chi connectivity index (χ4v) is 3.07. The number of aliphatic hydroxyl groups is 1. The first kappa shape index (κ1) is 18.4. The van der Waals surface area contributed by atoms with E-state index in [1.165, 1.54) is 18.2 Å². The van der Waals surface area contributed by atoms with Gasteiger partial charge in [0, 0.05) is 17.0 Å². The number of rotatable bonds is 4. The molecule has 5 nitrogen and oxygen atoms in total. The third-order valence-corrected chi connectivity index (χ3v) is 4.43. The molecule has 3 rings (SSSR count). The van der Waals surface area contributed by atoms with Gasteiger partial charge in [0.2, 0.25) is 11.6 Å². The van der Waals surface area contributed by atoms with Gasteiger partial charge in [0.05, 0.1) is 19.1 Å². The number of aliphatic hydroxyl groups excluding tert-OH is 1. The normalized spacial score (nSPS) is 14.8. The van der Waals surface area contributed by atoms with Crippen LogP contribution in [0.3, 0.4) is 0 Å². The monoisotopic (exact) mass is 372 g/mol. The van der Waals surface area contributed by atoms with Crippen molar-refractivity contribution in [3.63, 3.8) is 0 Å². The highest BCUT2D eigenvalue weighted by Crippen LogP contribution is 2.38. The molecule has 0 saturated carbocycles. The number of hydrogen-bond acceptors (Lipinski definition) is 5. The van der Waals surface area contributed by atoms with Crippen LogP contribution in [0.4, 0.5) is 8.78 Å². The minimum absolute atomic E-state index is 0.0332. The Labute approximate surface area is 152 Å². The molecule has 0 heterocycles. The molecule has 1 aliphatic carbocycles. The standard InChI is InChI=1S/C20H14F2O5/c1-27-16(23)9-13(10-6-7-14(21)15(22)8-10)17-18(24)11-4-2-3-5-12(11)19(25)20(17)26/h2-8,13,24H,9H2,1H3/t13-/m0/s1. The summed E-state index contributed by atoms with van der Waals surface area (Å²) in [7, 11) is 1.13. The highest BCUT2D eigenvalue weighted by atomic mass is 19.2. The maximum absolute atomic E-state index is 13.7. The Bertz CT molecular complexity index is 994. The molecule has 0 fully saturated rings. The molecular formula is C20H14F2O5. The fraction of sp³-hybridized carbons (Fsp3) is 0.150. The predicted molar refractivity (Wildman–Crippen MR) is 91.1 cm³/mol. The minimum Gasteiger partial charge on any atom is -0.507 e. The molecule has 0 bridgehead atoms. The molecule has 0 aromatic heterocycles. The van der Waals surface area contributed by atoms with E-state index in [0.29, 0.717) is 0 Å². The lowest BCUT2D eigenvalue weighted by molar-refractivity contribution is -0.140. The zero-order chi connectivity index (χ0) is 19.7. The molecule has 0 radical (unpaired) electrons. The van der Waals surface area contributed by atoms with Crippen molar-refractivity contribution in [3.05, 3.63) is 76.4 Å². The van der Waals surface area contributed by atoms with Crippen molar-refractivity contribution in [2.75, 3.05) is 7.11 Å². The summed E-state index contributed by atoms with van der Waals surface area (Å²) in [5.41, 5.74) is -0.128. The summed E-state index contributed by atoms with van der Waals surface area (Å²) in [5, 5.41) is 10.6. The van der Waals surface area contributed by atoms with Crippen molar-refractivity contribution in [3.8, 4) is 0 Å². The molecule has 2 aromatic carbocycles. The molecule has 0 aliphatic heterocycles. The zero-order valence-electron chi connectivity index (χ0n) is 14.2. The summed E-state index contributed by atoms with van der Waals surface area (Å²) in [6.45, 7) is 0. The lowest BCUT2D eigenvalue weighted by Gasteiger charge is -2.24. The lowest BCUT2D eigenvalue weighted by Crippen LogP contribution is -2.28. The van der Waals surface area contributed by atoms with E-state index in [9.17, 15) is 28.3 Å². The second-order valence-electron chi connectivity index (χ2n) is 5.97. The molecule has 0 spiro atoms. The second kappa shape index (κ2) is 7.11. The average molecular weight is 372 g/mol. The van der Waals surface area contributed by atoms with Crippen molar-refractivity contribution in [2.24, 2.45) is 0 Å². The Kier molecular flexibility index (Phi) is 4.85. The van der Waals surface area contributed by atoms with Crippen LogP contribution in [-0.2, 0) is 14.3 Å². The van der Waals surface area contributed by atoms with Gasteiger partial charge in [0.25, 0.3) is 0 Å². The summed E-state index contributed by atoms with van der Waals surface area (Å²) < 4.78 is 31.6. The first-order chi connectivity index (χ1) is 12.8. The number of carbonyl (C=O) groups excluding carboxylic acids is 3. The average Bonchev–Trinajstić information content (AvgIpc) is 2.67. The Morgan fingerprint density at radius 2 is 1.70 bits per heavy atom. The second-order valence-corrected chi connectivity index (χ2v) is 5.97. The van der Waals surface area contributed by atoms with Gasteiger partial charge in [-0.15, -0.1) is 0 Å². The van der Waals surface area contributed by atoms with Crippen LogP contribution in [0.25, 0.3) is 5.76 Å². The van der Waals surface area contributed by atoms with E-state index in [0.717, 1.165) is 19.2 Å². The maximum Gasteiger partial charge on any atom is 0.306 e. The van der Waals surface area contributed by atoms with E-state index >= 15 is 0 Å². The number of hydrogen-bond donors (Lipinski definition) is 1. The molecule has 1 N–H and O–H groups in total. The number of methoxy groups -OCH3 is 1. The minimum atomic E-state index is -1.18. The van der Waals surface area contributed by atoms with E-state index in [1.807, 2.05) is 0 Å². The molecule has 0 unspecified atom stereocenters. The first-order valence-electron chi connectivity index (χ1n) is 7.98. The molecule has 2 aromatic rings. The largest absolute Gasteiger partial charge is 0.507 e. The van der Waals surface area contributed by atoms with Gasteiger partial charge in [-0.1, -0.05) is 30.3 Å². The quantitative estimate of drug-likeness (QED) is 0.658. The molecule has 138 valence electrons. The number of benzene rings is 2. The van der Waals surface area contributed by atoms with Gasteiger partial charge in [0.1, 0.15) is 5.76 Å². The van der Waals surface area contributed by atoms with E-state index in [4.69, 9.17) is 0 Å². The van der Waals surface area contributed by atoms with E-state index in [2.05, 4.69) is 4.74 Å². The van der Waals surface area contributed by atoms with Crippen molar-refractivity contribution >= 4 is 23.3 Å². The topological polar surface area (TPSA) is 80.7 Å². The Hall–Kier alpha value is -3.35. The predicted octanol–water partition coefficient (Wildman–Crippen LogP) is 3.35. The van der Waals surface area contributed by atoms with Gasteiger partial charge in [-0.3, -0.25) is 14.4 Å². The number of fused-ring (bicyclic) bond motifs is 1. The lowest BCUT2D eigenvalue weighted by atomic mass is 9.78. The SMILES string of the molecule is COC(=O)C[C@H](C1=C(O)c2ccccc2C(=O)C1=O)c1ccc(F)c(F)c1. The molecule has 0 saturated heterocycles. The third-order valence-electron chi connectivity index (χ3n) is 4.43.